The maximum absolute atomic E-state index is 13.2. The van der Waals surface area contributed by atoms with Gasteiger partial charge in [-0.1, -0.05) is 37.3 Å². The van der Waals surface area contributed by atoms with Crippen molar-refractivity contribution in [3.63, 3.8) is 0 Å². The van der Waals surface area contributed by atoms with Gasteiger partial charge in [-0.3, -0.25) is 4.79 Å². The quantitative estimate of drug-likeness (QED) is 0.591. The summed E-state index contributed by atoms with van der Waals surface area (Å²) in [5.41, 5.74) is 1.33. The Balaban J connectivity index is 1.39. The summed E-state index contributed by atoms with van der Waals surface area (Å²) < 4.78 is 0. The van der Waals surface area contributed by atoms with E-state index in [0.717, 1.165) is 38.3 Å². The van der Waals surface area contributed by atoms with Crippen LogP contribution in [0.4, 0.5) is 4.79 Å². The molecule has 0 saturated carbocycles. The summed E-state index contributed by atoms with van der Waals surface area (Å²) in [5, 5.41) is 7.32. The summed E-state index contributed by atoms with van der Waals surface area (Å²) in [6, 6.07) is 11.5. The highest BCUT2D eigenvalue weighted by molar-refractivity contribution is 7.07. The molecule has 1 aromatic heterocycles. The number of benzene rings is 1. The Labute approximate surface area is 169 Å². The van der Waals surface area contributed by atoms with Gasteiger partial charge in [0.05, 0.1) is 0 Å². The minimum Gasteiger partial charge on any atom is -0.322 e. The number of carbonyl (C=O) groups is 2. The Morgan fingerprint density at radius 1 is 1.07 bits per heavy atom. The van der Waals surface area contributed by atoms with Crippen molar-refractivity contribution in [2.75, 3.05) is 32.8 Å². The lowest BCUT2D eigenvalue weighted by Gasteiger charge is -2.31. The lowest BCUT2D eigenvalue weighted by Crippen LogP contribution is -3.28. The molecule has 148 valence electrons. The number of nitrogens with zero attached hydrogens (tertiary/aromatic N) is 1. The molecule has 0 aliphatic carbocycles. The minimum absolute atomic E-state index is 0.119. The monoisotopic (exact) mass is 400 g/mol. The molecule has 2 fully saturated rings. The SMILES string of the molecule is CC[C@@]1(c2ccccc2)NC(=O)N(C[NH+]2CC[NH+](Cc3ccsc3)CC2)C1=O. The standard InChI is InChI=1S/C21H26N4O2S/c1-2-21(18-6-4-3-5-7-18)19(26)25(20(27)22-21)16-24-11-9-23(10-12-24)14-17-8-13-28-15-17/h3-8,13,15H,2,9-12,14,16H2,1H3,(H,22,27)/p+2/t21-/m0/s1. The van der Waals surface area contributed by atoms with Crippen LogP contribution in [0.2, 0.25) is 0 Å². The molecule has 0 radical (unpaired) electrons. The fraction of sp³-hybridized carbons (Fsp3) is 0.429. The van der Waals surface area contributed by atoms with Crippen LogP contribution < -0.4 is 15.1 Å². The van der Waals surface area contributed by atoms with Gasteiger partial charge in [0.15, 0.2) is 6.67 Å². The Morgan fingerprint density at radius 2 is 1.79 bits per heavy atom. The topological polar surface area (TPSA) is 58.3 Å². The van der Waals surface area contributed by atoms with Gasteiger partial charge in [-0.25, -0.2) is 9.69 Å². The van der Waals surface area contributed by atoms with Crippen molar-refractivity contribution in [2.45, 2.75) is 25.4 Å². The van der Waals surface area contributed by atoms with E-state index < -0.39 is 5.54 Å². The lowest BCUT2D eigenvalue weighted by atomic mass is 9.87. The number of nitrogens with one attached hydrogen (secondary N) is 3. The zero-order chi connectivity index (χ0) is 19.6. The summed E-state index contributed by atoms with van der Waals surface area (Å²) in [6.45, 7) is 7.53. The molecule has 0 spiro atoms. The van der Waals surface area contributed by atoms with Crippen molar-refractivity contribution in [2.24, 2.45) is 0 Å². The summed E-state index contributed by atoms with van der Waals surface area (Å²) in [5.74, 6) is -0.119. The molecule has 4 rings (SSSR count). The van der Waals surface area contributed by atoms with Crippen molar-refractivity contribution in [1.82, 2.24) is 10.2 Å². The molecule has 2 aliphatic heterocycles. The molecule has 0 unspecified atom stereocenters. The van der Waals surface area contributed by atoms with Gasteiger partial charge in [-0.15, -0.1) is 0 Å². The Bertz CT molecular complexity index is 818. The highest BCUT2D eigenvalue weighted by Gasteiger charge is 2.52. The van der Waals surface area contributed by atoms with Crippen molar-refractivity contribution in [1.29, 1.82) is 0 Å². The summed E-state index contributed by atoms with van der Waals surface area (Å²) >= 11 is 1.74. The molecule has 7 heteroatoms. The van der Waals surface area contributed by atoms with Gasteiger partial charge >= 0.3 is 6.03 Å². The molecule has 3 heterocycles. The van der Waals surface area contributed by atoms with E-state index in [9.17, 15) is 9.59 Å². The normalized spacial score (nSPS) is 27.8. The Morgan fingerprint density at radius 3 is 2.43 bits per heavy atom. The molecule has 1 atom stereocenters. The predicted octanol–water partition coefficient (Wildman–Crippen LogP) is -0.154. The number of amides is 3. The van der Waals surface area contributed by atoms with Gasteiger partial charge in [-0.2, -0.15) is 11.3 Å². The van der Waals surface area contributed by atoms with E-state index >= 15 is 0 Å². The third-order valence-corrected chi connectivity index (χ3v) is 6.78. The van der Waals surface area contributed by atoms with Crippen LogP contribution >= 0.6 is 11.3 Å². The van der Waals surface area contributed by atoms with Crippen LogP contribution in [0.25, 0.3) is 0 Å². The smallest absolute Gasteiger partial charge is 0.322 e. The molecule has 3 amide bonds. The third kappa shape index (κ3) is 3.57. The number of hydrogen-bond acceptors (Lipinski definition) is 3. The molecule has 3 N–H and O–H groups in total. The molecule has 6 nitrogen and oxygen atoms in total. The van der Waals surface area contributed by atoms with Crippen LogP contribution in [-0.2, 0) is 16.9 Å². The second-order valence-electron chi connectivity index (χ2n) is 7.75. The average Bonchev–Trinajstić information content (AvgIpc) is 3.32. The highest BCUT2D eigenvalue weighted by atomic mass is 32.1. The molecule has 2 aliphatic rings. The van der Waals surface area contributed by atoms with Crippen LogP contribution in [0.1, 0.15) is 24.5 Å². The van der Waals surface area contributed by atoms with E-state index in [-0.39, 0.29) is 11.9 Å². The Kier molecular flexibility index (Phi) is 5.48. The molecule has 0 bridgehead atoms. The zero-order valence-electron chi connectivity index (χ0n) is 16.2. The first-order chi connectivity index (χ1) is 13.6. The summed E-state index contributed by atoms with van der Waals surface area (Å²) in [7, 11) is 0. The largest absolute Gasteiger partial charge is 0.329 e. The highest BCUT2D eigenvalue weighted by Crippen LogP contribution is 2.31. The molecule has 1 aromatic carbocycles. The van der Waals surface area contributed by atoms with Crippen molar-refractivity contribution >= 4 is 23.3 Å². The fourth-order valence-electron chi connectivity index (χ4n) is 4.33. The van der Waals surface area contributed by atoms with Gasteiger partial charge in [0.2, 0.25) is 0 Å². The van der Waals surface area contributed by atoms with Gasteiger partial charge in [0, 0.05) is 5.56 Å². The van der Waals surface area contributed by atoms with Crippen LogP contribution in [0.3, 0.4) is 0 Å². The Hall–Kier alpha value is -2.22. The number of urea groups is 1. The first-order valence-corrected chi connectivity index (χ1v) is 10.9. The number of quaternary nitrogens is 2. The summed E-state index contributed by atoms with van der Waals surface area (Å²) in [6.07, 6.45) is 0.548. The van der Waals surface area contributed by atoms with Crippen molar-refractivity contribution < 1.29 is 19.4 Å². The molecule has 28 heavy (non-hydrogen) atoms. The number of carbonyl (C=O) groups excluding carboxylic acids is 2. The van der Waals surface area contributed by atoms with Gasteiger partial charge in [-0.05, 0) is 28.8 Å². The number of piperazine rings is 1. The zero-order valence-corrected chi connectivity index (χ0v) is 17.1. The predicted molar refractivity (Wildman–Crippen MR) is 108 cm³/mol. The molecular weight excluding hydrogens is 372 g/mol. The van der Waals surface area contributed by atoms with Crippen LogP contribution in [0.5, 0.6) is 0 Å². The van der Waals surface area contributed by atoms with Gasteiger partial charge < -0.3 is 15.1 Å². The van der Waals surface area contributed by atoms with E-state index in [0.29, 0.717) is 13.1 Å². The fourth-order valence-corrected chi connectivity index (χ4v) is 5.00. The van der Waals surface area contributed by atoms with Gasteiger partial charge in [0.25, 0.3) is 5.91 Å². The van der Waals surface area contributed by atoms with E-state index in [2.05, 4.69) is 22.1 Å². The lowest BCUT2D eigenvalue weighted by molar-refractivity contribution is -1.02. The number of imide groups is 1. The number of rotatable bonds is 6. The van der Waals surface area contributed by atoms with E-state index in [1.807, 2.05) is 37.3 Å². The minimum atomic E-state index is -0.927. The molecule has 2 aromatic rings. The van der Waals surface area contributed by atoms with E-state index in [1.54, 1.807) is 16.2 Å². The van der Waals surface area contributed by atoms with E-state index in [1.165, 1.54) is 15.4 Å². The number of hydrogen-bond donors (Lipinski definition) is 3. The van der Waals surface area contributed by atoms with Gasteiger partial charge in [0.1, 0.15) is 38.3 Å². The second kappa shape index (κ2) is 8.03. The van der Waals surface area contributed by atoms with Crippen molar-refractivity contribution in [3.8, 4) is 0 Å². The van der Waals surface area contributed by atoms with Crippen LogP contribution in [0, 0.1) is 0 Å². The van der Waals surface area contributed by atoms with E-state index in [4.69, 9.17) is 0 Å². The first kappa shape index (κ1) is 19.1. The average molecular weight is 401 g/mol. The first-order valence-electron chi connectivity index (χ1n) is 10.00. The molecular formula is C21H28N4O2S+2. The maximum Gasteiger partial charge on any atom is 0.329 e. The van der Waals surface area contributed by atoms with Crippen LogP contribution in [0.15, 0.2) is 47.2 Å². The maximum atomic E-state index is 13.2. The summed E-state index contributed by atoms with van der Waals surface area (Å²) in [4.78, 5) is 30.2. The van der Waals surface area contributed by atoms with Crippen molar-refractivity contribution in [3.05, 3.63) is 58.3 Å². The van der Waals surface area contributed by atoms with Crippen LogP contribution in [-0.4, -0.2) is 49.7 Å². The molecule has 2 saturated heterocycles. The third-order valence-electron chi connectivity index (χ3n) is 6.05. The second-order valence-corrected chi connectivity index (χ2v) is 8.53. The number of thiophene rings is 1.